The van der Waals surface area contributed by atoms with Crippen LogP contribution in [-0.4, -0.2) is 36.8 Å². The van der Waals surface area contributed by atoms with Gasteiger partial charge >= 0.3 is 0 Å². The quantitative estimate of drug-likeness (QED) is 0.839. The van der Waals surface area contributed by atoms with Crippen LogP contribution in [0.4, 0.5) is 0 Å². The number of hydrogen-bond acceptors (Lipinski definition) is 3. The summed E-state index contributed by atoms with van der Waals surface area (Å²) in [5, 5.41) is 5.25. The van der Waals surface area contributed by atoms with Crippen LogP contribution in [0.2, 0.25) is 0 Å². The molecule has 2 rings (SSSR count). The van der Waals surface area contributed by atoms with Crippen LogP contribution in [0.25, 0.3) is 0 Å². The first-order chi connectivity index (χ1) is 8.40. The lowest BCUT2D eigenvalue weighted by atomic mass is 9.96. The Morgan fingerprint density at radius 2 is 1.65 bits per heavy atom. The monoisotopic (exact) mass is 257 g/mol. The average Bonchev–Trinajstić information content (AvgIpc) is 2.34. The molecule has 100 valence electrons. The molecule has 1 saturated heterocycles. The van der Waals surface area contributed by atoms with Crippen LogP contribution < -0.4 is 5.32 Å². The molecule has 2 atom stereocenters. The van der Waals surface area contributed by atoms with Gasteiger partial charge in [0.05, 0.1) is 0 Å². The first-order valence-electron chi connectivity index (χ1n) is 7.30. The third-order valence-corrected chi connectivity index (χ3v) is 5.88. The number of rotatable bonds is 3. The van der Waals surface area contributed by atoms with E-state index < -0.39 is 0 Å². The summed E-state index contributed by atoms with van der Waals surface area (Å²) in [6.07, 6.45) is 11.0. The van der Waals surface area contributed by atoms with Crippen LogP contribution in [0, 0.1) is 0 Å². The van der Waals surface area contributed by atoms with Crippen LogP contribution in [-0.2, 0) is 4.74 Å². The lowest BCUT2D eigenvalue weighted by Crippen LogP contribution is -2.38. The molecule has 0 aromatic rings. The van der Waals surface area contributed by atoms with E-state index in [4.69, 9.17) is 4.74 Å². The summed E-state index contributed by atoms with van der Waals surface area (Å²) in [5.41, 5.74) is 0. The van der Waals surface area contributed by atoms with Gasteiger partial charge in [-0.1, -0.05) is 25.7 Å². The highest BCUT2D eigenvalue weighted by Gasteiger charge is 2.26. The number of nitrogens with one attached hydrogen (secondary N) is 1. The van der Waals surface area contributed by atoms with Crippen molar-refractivity contribution in [3.8, 4) is 0 Å². The Labute approximate surface area is 110 Å². The minimum absolute atomic E-state index is 0.739. The van der Waals surface area contributed by atoms with Crippen LogP contribution in [0.15, 0.2) is 0 Å². The van der Waals surface area contributed by atoms with Crippen molar-refractivity contribution in [2.24, 2.45) is 0 Å². The molecule has 1 aliphatic heterocycles. The predicted octanol–water partition coefficient (Wildman–Crippen LogP) is 3.21. The van der Waals surface area contributed by atoms with Gasteiger partial charge in [0, 0.05) is 29.8 Å². The van der Waals surface area contributed by atoms with E-state index in [2.05, 4.69) is 24.1 Å². The highest BCUT2D eigenvalue weighted by Crippen LogP contribution is 2.33. The Balaban J connectivity index is 1.84. The van der Waals surface area contributed by atoms with Gasteiger partial charge in [-0.2, -0.15) is 11.8 Å². The van der Waals surface area contributed by atoms with Gasteiger partial charge in [-0.05, 0) is 32.7 Å². The first kappa shape index (κ1) is 13.7. The van der Waals surface area contributed by atoms with Crippen molar-refractivity contribution >= 4 is 11.8 Å². The summed E-state index contributed by atoms with van der Waals surface area (Å²) in [5.74, 6) is 0. The van der Waals surface area contributed by atoms with E-state index in [9.17, 15) is 0 Å². The maximum Gasteiger partial charge on any atom is 0.0476 e. The normalized spacial score (nSPS) is 33.0. The molecule has 0 bridgehead atoms. The maximum atomic E-state index is 5.46. The molecule has 0 aromatic carbocycles. The summed E-state index contributed by atoms with van der Waals surface area (Å²) >= 11 is 2.25. The van der Waals surface area contributed by atoms with Gasteiger partial charge in [0.1, 0.15) is 0 Å². The van der Waals surface area contributed by atoms with E-state index in [0.29, 0.717) is 0 Å². The van der Waals surface area contributed by atoms with Crippen molar-refractivity contribution in [1.82, 2.24) is 5.32 Å². The molecule has 17 heavy (non-hydrogen) atoms. The van der Waals surface area contributed by atoms with Gasteiger partial charge in [0.2, 0.25) is 0 Å². The Bertz CT molecular complexity index is 206. The van der Waals surface area contributed by atoms with E-state index in [1.165, 1.54) is 51.4 Å². The summed E-state index contributed by atoms with van der Waals surface area (Å²) in [4.78, 5) is 0. The number of thioether (sulfide) groups is 1. The van der Waals surface area contributed by atoms with Crippen molar-refractivity contribution in [2.75, 3.05) is 20.3 Å². The first-order valence-corrected chi connectivity index (χ1v) is 8.25. The molecule has 1 aliphatic carbocycles. The van der Waals surface area contributed by atoms with Gasteiger partial charge in [-0.15, -0.1) is 0 Å². The van der Waals surface area contributed by atoms with Gasteiger partial charge in [0.15, 0.2) is 0 Å². The van der Waals surface area contributed by atoms with E-state index in [1.54, 1.807) is 0 Å². The molecule has 3 heteroatoms. The summed E-state index contributed by atoms with van der Waals surface area (Å²) < 4.78 is 5.46. The molecule has 1 saturated carbocycles. The average molecular weight is 257 g/mol. The Kier molecular flexibility index (Phi) is 6.16. The molecule has 1 N–H and O–H groups in total. The fourth-order valence-electron chi connectivity index (χ4n) is 3.00. The molecule has 2 unspecified atom stereocenters. The van der Waals surface area contributed by atoms with Crippen molar-refractivity contribution in [1.29, 1.82) is 0 Å². The molecule has 0 radical (unpaired) electrons. The van der Waals surface area contributed by atoms with Crippen molar-refractivity contribution in [2.45, 2.75) is 67.9 Å². The molecule has 2 nitrogen and oxygen atoms in total. The molecule has 0 spiro atoms. The largest absolute Gasteiger partial charge is 0.381 e. The molecule has 1 heterocycles. The second-order valence-corrected chi connectivity index (χ2v) is 6.92. The second-order valence-electron chi connectivity index (χ2n) is 5.37. The number of ether oxygens (including phenoxy) is 1. The summed E-state index contributed by atoms with van der Waals surface area (Å²) in [6, 6.07) is 0.739. The van der Waals surface area contributed by atoms with Crippen LogP contribution in [0.3, 0.4) is 0 Å². The lowest BCUT2D eigenvalue weighted by Gasteiger charge is -2.33. The van der Waals surface area contributed by atoms with Crippen molar-refractivity contribution in [3.05, 3.63) is 0 Å². The van der Waals surface area contributed by atoms with Crippen LogP contribution >= 0.6 is 11.8 Å². The van der Waals surface area contributed by atoms with Crippen LogP contribution in [0.1, 0.15) is 51.4 Å². The fourth-order valence-corrected chi connectivity index (χ4v) is 4.73. The van der Waals surface area contributed by atoms with Crippen molar-refractivity contribution in [3.63, 3.8) is 0 Å². The zero-order valence-corrected chi connectivity index (χ0v) is 11.9. The maximum absolute atomic E-state index is 5.46. The molecule has 2 aliphatic rings. The summed E-state index contributed by atoms with van der Waals surface area (Å²) in [6.45, 7) is 1.96. The zero-order valence-electron chi connectivity index (χ0n) is 11.1. The smallest absolute Gasteiger partial charge is 0.0476 e. The minimum Gasteiger partial charge on any atom is -0.381 e. The Morgan fingerprint density at radius 1 is 0.941 bits per heavy atom. The van der Waals surface area contributed by atoms with Gasteiger partial charge < -0.3 is 10.1 Å². The molecular formula is C14H27NOS. The van der Waals surface area contributed by atoms with E-state index in [-0.39, 0.29) is 0 Å². The van der Waals surface area contributed by atoms with E-state index in [1.807, 2.05) is 0 Å². The third kappa shape index (κ3) is 4.46. The minimum atomic E-state index is 0.739. The van der Waals surface area contributed by atoms with Crippen molar-refractivity contribution < 1.29 is 4.74 Å². The molecular weight excluding hydrogens is 230 g/mol. The van der Waals surface area contributed by atoms with E-state index >= 15 is 0 Å². The summed E-state index contributed by atoms with van der Waals surface area (Å²) in [7, 11) is 2.14. The van der Waals surface area contributed by atoms with Gasteiger partial charge in [-0.3, -0.25) is 0 Å². The molecule has 0 aromatic heterocycles. The Hall–Kier alpha value is 0.270. The third-order valence-electron chi connectivity index (χ3n) is 4.11. The standard InChI is InChI=1S/C14H27NOS/c1-15-13-6-4-2-3-5-7-14(13)17-12-8-10-16-11-9-12/h12-15H,2-11H2,1H3. The highest BCUT2D eigenvalue weighted by molar-refractivity contribution is 8.00. The highest BCUT2D eigenvalue weighted by atomic mass is 32.2. The zero-order chi connectivity index (χ0) is 11.9. The molecule has 2 fully saturated rings. The fraction of sp³-hybridized carbons (Fsp3) is 1.00. The van der Waals surface area contributed by atoms with Gasteiger partial charge in [0.25, 0.3) is 0 Å². The second kappa shape index (κ2) is 7.65. The van der Waals surface area contributed by atoms with Crippen LogP contribution in [0.5, 0.6) is 0 Å². The lowest BCUT2D eigenvalue weighted by molar-refractivity contribution is 0.0998. The molecule has 0 amide bonds. The predicted molar refractivity (Wildman–Crippen MR) is 75.8 cm³/mol. The number of hydrogen-bond donors (Lipinski definition) is 1. The topological polar surface area (TPSA) is 21.3 Å². The van der Waals surface area contributed by atoms with Gasteiger partial charge in [-0.25, -0.2) is 0 Å². The SMILES string of the molecule is CNC1CCCCCCC1SC1CCOCC1. The Morgan fingerprint density at radius 3 is 2.35 bits per heavy atom. The van der Waals surface area contributed by atoms with E-state index in [0.717, 1.165) is 29.8 Å².